The van der Waals surface area contributed by atoms with Crippen molar-refractivity contribution in [1.29, 1.82) is 0 Å². The molecular formula is C30H38ClN3O3. The first kappa shape index (κ1) is 27.1. The topological polar surface area (TPSA) is 61.9 Å². The molecule has 2 aromatic carbocycles. The molecule has 2 aromatic rings. The summed E-state index contributed by atoms with van der Waals surface area (Å²) in [6, 6.07) is 14.3. The van der Waals surface area contributed by atoms with Gasteiger partial charge in [0.25, 0.3) is 0 Å². The number of likely N-dealkylation sites (tertiary alicyclic amines) is 1. The Hall–Kier alpha value is -2.99. The molecule has 6 nitrogen and oxygen atoms in total. The van der Waals surface area contributed by atoms with Gasteiger partial charge in [0.1, 0.15) is 5.60 Å². The number of carbonyl (C=O) groups is 2. The third kappa shape index (κ3) is 6.48. The fraction of sp³-hybridized carbons (Fsp3) is 0.467. The van der Waals surface area contributed by atoms with E-state index < -0.39 is 5.60 Å². The molecule has 0 aliphatic carbocycles. The number of nitrogens with one attached hydrogen (secondary N) is 1. The Labute approximate surface area is 225 Å². The van der Waals surface area contributed by atoms with Crippen LogP contribution in [0.25, 0.3) is 5.57 Å². The number of halogens is 1. The number of hydrogen-bond donors (Lipinski definition) is 1. The number of aryl methyl sites for hydroxylation is 1. The van der Waals surface area contributed by atoms with Crippen LogP contribution in [0.3, 0.4) is 0 Å². The second-order valence-electron chi connectivity index (χ2n) is 11.4. The van der Waals surface area contributed by atoms with E-state index in [-0.39, 0.29) is 17.5 Å². The highest BCUT2D eigenvalue weighted by Crippen LogP contribution is 2.37. The molecule has 2 aliphatic rings. The minimum atomic E-state index is -0.530. The summed E-state index contributed by atoms with van der Waals surface area (Å²) in [6.07, 6.45) is 4.17. The Kier molecular flexibility index (Phi) is 7.88. The molecule has 0 bridgehead atoms. The van der Waals surface area contributed by atoms with Gasteiger partial charge in [-0.25, -0.2) is 9.59 Å². The van der Waals surface area contributed by atoms with Crippen molar-refractivity contribution in [2.24, 2.45) is 0 Å². The third-order valence-electron chi connectivity index (χ3n) is 7.36. The van der Waals surface area contributed by atoms with E-state index in [2.05, 4.69) is 43.4 Å². The molecule has 3 amide bonds. The molecule has 0 atom stereocenters. The minimum Gasteiger partial charge on any atom is -0.444 e. The van der Waals surface area contributed by atoms with Crippen LogP contribution in [0, 0.1) is 6.92 Å². The van der Waals surface area contributed by atoms with E-state index in [9.17, 15) is 9.59 Å². The van der Waals surface area contributed by atoms with E-state index in [0.717, 1.165) is 24.0 Å². The predicted molar refractivity (Wildman–Crippen MR) is 150 cm³/mol. The summed E-state index contributed by atoms with van der Waals surface area (Å²) in [4.78, 5) is 29.3. The molecule has 0 saturated carbocycles. The quantitative estimate of drug-likeness (QED) is 0.460. The van der Waals surface area contributed by atoms with E-state index in [1.165, 1.54) is 11.1 Å². The van der Waals surface area contributed by atoms with Crippen LogP contribution in [0.2, 0.25) is 5.02 Å². The van der Waals surface area contributed by atoms with E-state index in [0.29, 0.717) is 43.3 Å². The maximum absolute atomic E-state index is 13.3. The summed E-state index contributed by atoms with van der Waals surface area (Å²) < 4.78 is 5.50. The van der Waals surface area contributed by atoms with Gasteiger partial charge in [-0.3, -0.25) is 0 Å². The van der Waals surface area contributed by atoms with Gasteiger partial charge in [-0.1, -0.05) is 66.6 Å². The second kappa shape index (κ2) is 10.8. The highest BCUT2D eigenvalue weighted by Gasteiger charge is 2.34. The predicted octanol–water partition coefficient (Wildman–Crippen LogP) is 7.26. The van der Waals surface area contributed by atoms with Crippen LogP contribution in [-0.4, -0.2) is 53.7 Å². The van der Waals surface area contributed by atoms with E-state index in [1.807, 2.05) is 43.9 Å². The molecule has 198 valence electrons. The molecule has 4 rings (SSSR count). The zero-order valence-corrected chi connectivity index (χ0v) is 23.3. The summed E-state index contributed by atoms with van der Waals surface area (Å²) in [5, 5.41) is 3.60. The van der Waals surface area contributed by atoms with Crippen molar-refractivity contribution < 1.29 is 14.3 Å². The van der Waals surface area contributed by atoms with Crippen LogP contribution < -0.4 is 5.32 Å². The largest absolute Gasteiger partial charge is 0.444 e. The van der Waals surface area contributed by atoms with Gasteiger partial charge in [-0.15, -0.1) is 0 Å². The van der Waals surface area contributed by atoms with Gasteiger partial charge >= 0.3 is 12.1 Å². The van der Waals surface area contributed by atoms with Crippen molar-refractivity contribution in [2.75, 3.05) is 31.5 Å². The summed E-state index contributed by atoms with van der Waals surface area (Å²) in [6.45, 7) is 12.3. The molecule has 2 aliphatic heterocycles. The smallest absolute Gasteiger partial charge is 0.410 e. The standard InChI is InChI=1S/C30H38ClN3O3/c1-21-9-11-23(12-10-21)30(5)15-19-33(20-16-30)27(35)32-26-24(7-6-8-25(26)31)22-13-17-34(18-14-22)28(36)37-29(2,3)4/h6-13H,14-20H2,1-5H3,(H,32,35). The van der Waals surface area contributed by atoms with Crippen LogP contribution in [0.15, 0.2) is 48.5 Å². The molecule has 0 spiro atoms. The number of para-hydroxylation sites is 1. The molecule has 7 heteroatoms. The second-order valence-corrected chi connectivity index (χ2v) is 11.8. The van der Waals surface area contributed by atoms with E-state index >= 15 is 0 Å². The molecule has 37 heavy (non-hydrogen) atoms. The van der Waals surface area contributed by atoms with Gasteiger partial charge < -0.3 is 19.9 Å². The molecule has 0 unspecified atom stereocenters. The number of nitrogens with zero attached hydrogens (tertiary/aromatic N) is 2. The van der Waals surface area contributed by atoms with Gasteiger partial charge in [-0.2, -0.15) is 0 Å². The lowest BCUT2D eigenvalue weighted by molar-refractivity contribution is 0.0270. The number of urea groups is 1. The van der Waals surface area contributed by atoms with Gasteiger partial charge in [0.2, 0.25) is 0 Å². The highest BCUT2D eigenvalue weighted by molar-refractivity contribution is 6.34. The number of ether oxygens (including phenoxy) is 1. The van der Waals surface area contributed by atoms with Crippen molar-refractivity contribution in [3.63, 3.8) is 0 Å². The molecule has 0 radical (unpaired) electrons. The monoisotopic (exact) mass is 523 g/mol. The molecule has 0 aromatic heterocycles. The summed E-state index contributed by atoms with van der Waals surface area (Å²) in [7, 11) is 0. The number of amides is 3. The normalized spacial score (nSPS) is 17.7. The zero-order chi connectivity index (χ0) is 26.8. The number of hydrogen-bond acceptors (Lipinski definition) is 3. The molecule has 1 saturated heterocycles. The van der Waals surface area contributed by atoms with Crippen molar-refractivity contribution in [1.82, 2.24) is 9.80 Å². The number of anilines is 1. The maximum Gasteiger partial charge on any atom is 0.410 e. The van der Waals surface area contributed by atoms with E-state index in [4.69, 9.17) is 16.3 Å². The molecular weight excluding hydrogens is 486 g/mol. The first-order valence-electron chi connectivity index (χ1n) is 13.0. The van der Waals surface area contributed by atoms with Crippen molar-refractivity contribution in [3.8, 4) is 0 Å². The molecule has 2 heterocycles. The fourth-order valence-electron chi connectivity index (χ4n) is 4.96. The van der Waals surface area contributed by atoms with Gasteiger partial charge in [0.15, 0.2) is 0 Å². The van der Waals surface area contributed by atoms with Gasteiger partial charge in [0.05, 0.1) is 10.7 Å². The average Bonchev–Trinajstić information content (AvgIpc) is 2.85. The Morgan fingerprint density at radius 1 is 1.00 bits per heavy atom. The lowest BCUT2D eigenvalue weighted by Gasteiger charge is -2.40. The van der Waals surface area contributed by atoms with Crippen LogP contribution in [-0.2, 0) is 10.2 Å². The first-order valence-corrected chi connectivity index (χ1v) is 13.4. The number of benzene rings is 2. The van der Waals surface area contributed by atoms with Crippen molar-refractivity contribution in [2.45, 2.75) is 64.9 Å². The summed E-state index contributed by atoms with van der Waals surface area (Å²) in [5.74, 6) is 0. The fourth-order valence-corrected chi connectivity index (χ4v) is 5.18. The van der Waals surface area contributed by atoms with Crippen LogP contribution in [0.5, 0.6) is 0 Å². The lowest BCUT2D eigenvalue weighted by atomic mass is 9.74. The van der Waals surface area contributed by atoms with Crippen molar-refractivity contribution in [3.05, 3.63) is 70.3 Å². The minimum absolute atomic E-state index is 0.0625. The SMILES string of the molecule is Cc1ccc(C2(C)CCN(C(=O)Nc3c(Cl)cccc3C3=CCN(C(=O)OC(C)(C)C)CC3)CC2)cc1. The first-order chi connectivity index (χ1) is 17.4. The molecule has 1 fully saturated rings. The van der Waals surface area contributed by atoms with Crippen LogP contribution in [0.4, 0.5) is 15.3 Å². The molecule has 1 N–H and O–H groups in total. The Balaban J connectivity index is 1.42. The third-order valence-corrected chi connectivity index (χ3v) is 7.67. The number of carbonyl (C=O) groups excluding carboxylic acids is 2. The Morgan fingerprint density at radius 2 is 1.68 bits per heavy atom. The highest BCUT2D eigenvalue weighted by atomic mass is 35.5. The van der Waals surface area contributed by atoms with E-state index in [1.54, 1.807) is 11.0 Å². The number of piperidine rings is 1. The zero-order valence-electron chi connectivity index (χ0n) is 22.6. The Bertz CT molecular complexity index is 1180. The van der Waals surface area contributed by atoms with Gasteiger partial charge in [0, 0.05) is 31.7 Å². The average molecular weight is 524 g/mol. The van der Waals surface area contributed by atoms with Gasteiger partial charge in [-0.05, 0) is 69.6 Å². The van der Waals surface area contributed by atoms with Crippen LogP contribution in [0.1, 0.15) is 63.6 Å². The summed E-state index contributed by atoms with van der Waals surface area (Å²) in [5.41, 5.74) is 4.69. The summed E-state index contributed by atoms with van der Waals surface area (Å²) >= 11 is 6.58. The Morgan fingerprint density at radius 3 is 2.27 bits per heavy atom. The van der Waals surface area contributed by atoms with Crippen molar-refractivity contribution >= 4 is 35.0 Å². The number of rotatable bonds is 3. The maximum atomic E-state index is 13.3. The lowest BCUT2D eigenvalue weighted by Crippen LogP contribution is -2.45. The van der Waals surface area contributed by atoms with Crippen LogP contribution >= 0.6 is 11.6 Å².